The molecule has 5 rings (SSSR count). The molecule has 30 heavy (non-hydrogen) atoms. The summed E-state index contributed by atoms with van der Waals surface area (Å²) in [4.78, 5) is 32.8. The van der Waals surface area contributed by atoms with E-state index in [-0.39, 0.29) is 16.8 Å². The Hall–Kier alpha value is -3.15. The molecule has 1 aliphatic heterocycles. The van der Waals surface area contributed by atoms with Gasteiger partial charge in [-0.1, -0.05) is 41.4 Å². The van der Waals surface area contributed by atoms with E-state index in [0.29, 0.717) is 26.8 Å². The van der Waals surface area contributed by atoms with Gasteiger partial charge in [-0.15, -0.1) is 0 Å². The van der Waals surface area contributed by atoms with Gasteiger partial charge in [-0.2, -0.15) is 0 Å². The van der Waals surface area contributed by atoms with Gasteiger partial charge >= 0.3 is 0 Å². The number of amides is 1. The maximum Gasteiger partial charge on any atom is 0.296 e. The fourth-order valence-corrected chi connectivity index (χ4v) is 4.04. The van der Waals surface area contributed by atoms with Gasteiger partial charge in [0.2, 0.25) is 5.76 Å². The average Bonchev–Trinajstić information content (AvgIpc) is 3.03. The van der Waals surface area contributed by atoms with Gasteiger partial charge < -0.3 is 4.42 Å². The summed E-state index contributed by atoms with van der Waals surface area (Å²) in [5.41, 5.74) is 1.96. The van der Waals surface area contributed by atoms with Crippen LogP contribution >= 0.6 is 23.2 Å². The molecule has 1 atom stereocenters. The molecule has 0 bridgehead atoms. The highest BCUT2D eigenvalue weighted by atomic mass is 35.5. The van der Waals surface area contributed by atoms with Crippen molar-refractivity contribution in [2.24, 2.45) is 0 Å². The first-order chi connectivity index (χ1) is 14.4. The smallest absolute Gasteiger partial charge is 0.296 e. The molecule has 0 spiro atoms. The van der Waals surface area contributed by atoms with Gasteiger partial charge in [0.15, 0.2) is 5.43 Å². The number of aromatic nitrogens is 1. The van der Waals surface area contributed by atoms with E-state index in [1.54, 1.807) is 54.7 Å². The number of carbonyl (C=O) groups excluding carboxylic acids is 1. The summed E-state index contributed by atoms with van der Waals surface area (Å²) in [5.74, 6) is 0.0193. The van der Waals surface area contributed by atoms with Crippen LogP contribution in [0.5, 0.6) is 0 Å². The van der Waals surface area contributed by atoms with Gasteiger partial charge in [-0.25, -0.2) is 4.98 Å². The Bertz CT molecular complexity index is 1360. The zero-order chi connectivity index (χ0) is 21.0. The number of aryl methyl sites for hydroxylation is 1. The number of hydrogen-bond donors (Lipinski definition) is 0. The number of nitrogens with zero attached hydrogens (tertiary/aromatic N) is 2. The highest BCUT2D eigenvalue weighted by Crippen LogP contribution is 2.40. The van der Waals surface area contributed by atoms with Crippen LogP contribution in [0.15, 0.2) is 70.0 Å². The maximum atomic E-state index is 13.5. The van der Waals surface area contributed by atoms with Crippen molar-refractivity contribution in [2.45, 2.75) is 13.0 Å². The molecule has 0 radical (unpaired) electrons. The summed E-state index contributed by atoms with van der Waals surface area (Å²) >= 11 is 12.2. The number of halogens is 2. The molecule has 1 amide bonds. The predicted molar refractivity (Wildman–Crippen MR) is 117 cm³/mol. The number of hydrogen-bond acceptors (Lipinski definition) is 4. The van der Waals surface area contributed by atoms with Crippen LogP contribution in [0, 0.1) is 6.92 Å². The van der Waals surface area contributed by atoms with Gasteiger partial charge in [-0.05, 0) is 54.4 Å². The molecule has 7 heteroatoms. The molecule has 0 fully saturated rings. The molecule has 0 N–H and O–H groups in total. The minimum Gasteiger partial charge on any atom is -0.450 e. The second-order valence-corrected chi connectivity index (χ2v) is 8.01. The Morgan fingerprint density at radius 1 is 0.967 bits per heavy atom. The molecule has 148 valence electrons. The predicted octanol–water partition coefficient (Wildman–Crippen LogP) is 5.55. The number of carbonyl (C=O) groups is 1. The van der Waals surface area contributed by atoms with Gasteiger partial charge in [0.05, 0.1) is 17.0 Å². The Balaban J connectivity index is 1.81. The average molecular weight is 437 g/mol. The Labute approximate surface area is 181 Å². The van der Waals surface area contributed by atoms with Crippen molar-refractivity contribution in [3.8, 4) is 0 Å². The molecular weight excluding hydrogens is 423 g/mol. The first-order valence-corrected chi connectivity index (χ1v) is 9.97. The monoisotopic (exact) mass is 436 g/mol. The molecule has 1 aliphatic rings. The van der Waals surface area contributed by atoms with Crippen LogP contribution < -0.4 is 10.3 Å². The van der Waals surface area contributed by atoms with Crippen molar-refractivity contribution < 1.29 is 9.21 Å². The summed E-state index contributed by atoms with van der Waals surface area (Å²) in [6, 6.07) is 14.7. The number of rotatable bonds is 2. The fraction of sp³-hybridized carbons (Fsp3) is 0.0870. The van der Waals surface area contributed by atoms with Crippen molar-refractivity contribution >= 4 is 45.9 Å². The maximum absolute atomic E-state index is 13.5. The normalized spacial score (nSPS) is 15.6. The zero-order valence-corrected chi connectivity index (χ0v) is 17.2. The first-order valence-electron chi connectivity index (χ1n) is 9.22. The molecule has 4 aromatic rings. The van der Waals surface area contributed by atoms with E-state index in [4.69, 9.17) is 27.6 Å². The van der Waals surface area contributed by atoms with Gasteiger partial charge in [0, 0.05) is 16.2 Å². The third-order valence-corrected chi connectivity index (χ3v) is 5.65. The molecule has 0 saturated heterocycles. The van der Waals surface area contributed by atoms with Gasteiger partial charge in [-0.3, -0.25) is 14.5 Å². The summed E-state index contributed by atoms with van der Waals surface area (Å²) in [6.07, 6.45) is 1.68. The van der Waals surface area contributed by atoms with Crippen LogP contribution in [0.4, 0.5) is 5.82 Å². The minimum absolute atomic E-state index is 0.0112. The molecule has 0 aliphatic carbocycles. The summed E-state index contributed by atoms with van der Waals surface area (Å²) < 4.78 is 5.90. The second-order valence-electron chi connectivity index (χ2n) is 7.14. The molecule has 3 heterocycles. The molecule has 2 aromatic heterocycles. The number of anilines is 1. The van der Waals surface area contributed by atoms with Crippen LogP contribution in [-0.2, 0) is 0 Å². The van der Waals surface area contributed by atoms with Crippen LogP contribution in [0.2, 0.25) is 10.0 Å². The quantitative estimate of drug-likeness (QED) is 0.412. The Morgan fingerprint density at radius 3 is 2.40 bits per heavy atom. The highest BCUT2D eigenvalue weighted by molar-refractivity contribution is 6.31. The van der Waals surface area contributed by atoms with Crippen LogP contribution in [0.25, 0.3) is 11.0 Å². The van der Waals surface area contributed by atoms with Crippen LogP contribution in [0.1, 0.15) is 33.3 Å². The lowest BCUT2D eigenvalue weighted by Crippen LogP contribution is -2.30. The van der Waals surface area contributed by atoms with Crippen molar-refractivity contribution in [1.29, 1.82) is 0 Å². The van der Waals surface area contributed by atoms with E-state index in [2.05, 4.69) is 4.98 Å². The molecular formula is C23H14Cl2N2O3. The largest absolute Gasteiger partial charge is 0.450 e. The SMILES string of the molecule is Cc1ccc(N2C(=O)c3oc4ccc(Cl)cc4c(=O)c3C2c2ccc(Cl)cc2)nc1. The molecule has 2 aromatic carbocycles. The van der Waals surface area contributed by atoms with Gasteiger partial charge in [0.1, 0.15) is 11.4 Å². The highest BCUT2D eigenvalue weighted by Gasteiger charge is 2.44. The number of fused-ring (bicyclic) bond motifs is 2. The van der Waals surface area contributed by atoms with E-state index in [1.165, 1.54) is 4.90 Å². The Morgan fingerprint density at radius 2 is 1.70 bits per heavy atom. The van der Waals surface area contributed by atoms with Crippen molar-refractivity contribution in [3.05, 3.63) is 104 Å². The van der Waals surface area contributed by atoms with Crippen molar-refractivity contribution in [3.63, 3.8) is 0 Å². The zero-order valence-electron chi connectivity index (χ0n) is 15.7. The summed E-state index contributed by atoms with van der Waals surface area (Å²) in [7, 11) is 0. The minimum atomic E-state index is -0.695. The number of pyridine rings is 1. The van der Waals surface area contributed by atoms with Crippen LogP contribution in [0.3, 0.4) is 0 Å². The third-order valence-electron chi connectivity index (χ3n) is 5.16. The van der Waals surface area contributed by atoms with Gasteiger partial charge in [0.25, 0.3) is 5.91 Å². The topological polar surface area (TPSA) is 63.4 Å². The van der Waals surface area contributed by atoms with E-state index in [1.807, 2.05) is 13.0 Å². The standard InChI is InChI=1S/C23H14Cl2N2O3/c1-12-2-9-18(26-11-12)27-20(13-3-5-14(24)6-4-13)19-21(28)16-10-15(25)7-8-17(16)30-22(19)23(27)29/h2-11,20H,1H3. The summed E-state index contributed by atoms with van der Waals surface area (Å²) in [5, 5.41) is 1.30. The summed E-state index contributed by atoms with van der Waals surface area (Å²) in [6.45, 7) is 1.91. The van der Waals surface area contributed by atoms with E-state index in [9.17, 15) is 9.59 Å². The lowest BCUT2D eigenvalue weighted by molar-refractivity contribution is 0.0970. The van der Waals surface area contributed by atoms with Crippen molar-refractivity contribution in [1.82, 2.24) is 4.98 Å². The van der Waals surface area contributed by atoms with E-state index in [0.717, 1.165) is 11.1 Å². The molecule has 5 nitrogen and oxygen atoms in total. The van der Waals surface area contributed by atoms with E-state index < -0.39 is 11.9 Å². The fourth-order valence-electron chi connectivity index (χ4n) is 3.74. The third kappa shape index (κ3) is 2.90. The lowest BCUT2D eigenvalue weighted by Gasteiger charge is -2.24. The Kier molecular flexibility index (Phi) is 4.38. The molecule has 1 unspecified atom stereocenters. The van der Waals surface area contributed by atoms with E-state index >= 15 is 0 Å². The second kappa shape index (κ2) is 6.97. The first kappa shape index (κ1) is 18.9. The van der Waals surface area contributed by atoms with Crippen molar-refractivity contribution in [2.75, 3.05) is 4.90 Å². The molecule has 0 saturated carbocycles. The van der Waals surface area contributed by atoms with Crippen LogP contribution in [-0.4, -0.2) is 10.9 Å². The lowest BCUT2D eigenvalue weighted by atomic mass is 9.98. The number of benzene rings is 2.